The van der Waals surface area contributed by atoms with Crippen molar-refractivity contribution in [1.82, 2.24) is 4.98 Å². The first-order valence-electron chi connectivity index (χ1n) is 5.39. The lowest BCUT2D eigenvalue weighted by atomic mass is 10.1. The number of ether oxygens (including phenoxy) is 1. The molecule has 1 unspecified atom stereocenters. The van der Waals surface area contributed by atoms with Gasteiger partial charge in [0.1, 0.15) is 18.2 Å². The van der Waals surface area contributed by atoms with E-state index in [1.807, 2.05) is 0 Å². The van der Waals surface area contributed by atoms with Crippen LogP contribution in [0, 0.1) is 5.82 Å². The summed E-state index contributed by atoms with van der Waals surface area (Å²) in [5.41, 5.74) is 6.48. The quantitative estimate of drug-likeness (QED) is 0.926. The first-order valence-corrected chi connectivity index (χ1v) is 5.77. The molecular formula is C13H12ClFN2O. The minimum Gasteiger partial charge on any atom is -0.492 e. The number of pyridine rings is 1. The van der Waals surface area contributed by atoms with Crippen molar-refractivity contribution in [2.75, 3.05) is 6.61 Å². The Morgan fingerprint density at radius 2 is 2.00 bits per heavy atom. The third-order valence-electron chi connectivity index (χ3n) is 2.40. The van der Waals surface area contributed by atoms with E-state index >= 15 is 0 Å². The highest BCUT2D eigenvalue weighted by atomic mass is 35.5. The maximum Gasteiger partial charge on any atom is 0.141 e. The summed E-state index contributed by atoms with van der Waals surface area (Å²) in [5, 5.41) is 0.640. The van der Waals surface area contributed by atoms with Gasteiger partial charge in [-0.05, 0) is 35.9 Å². The normalized spacial score (nSPS) is 12.2. The van der Waals surface area contributed by atoms with E-state index in [-0.39, 0.29) is 6.61 Å². The molecule has 1 heterocycles. The average Bonchev–Trinajstić information content (AvgIpc) is 2.38. The molecular weight excluding hydrogens is 255 g/mol. The lowest BCUT2D eigenvalue weighted by Crippen LogP contribution is -2.19. The molecule has 2 rings (SSSR count). The van der Waals surface area contributed by atoms with Gasteiger partial charge in [0.2, 0.25) is 0 Å². The zero-order valence-corrected chi connectivity index (χ0v) is 10.3. The van der Waals surface area contributed by atoms with Crippen LogP contribution in [0.3, 0.4) is 0 Å². The van der Waals surface area contributed by atoms with Crippen LogP contribution in [-0.4, -0.2) is 11.6 Å². The Balaban J connectivity index is 1.96. The van der Waals surface area contributed by atoms with Crippen LogP contribution in [0.4, 0.5) is 4.39 Å². The van der Waals surface area contributed by atoms with Crippen LogP contribution in [0.2, 0.25) is 5.02 Å². The Hall–Kier alpha value is -1.65. The van der Waals surface area contributed by atoms with E-state index in [4.69, 9.17) is 22.1 Å². The molecule has 0 spiro atoms. The highest BCUT2D eigenvalue weighted by molar-refractivity contribution is 6.30. The second kappa shape index (κ2) is 5.80. The van der Waals surface area contributed by atoms with Gasteiger partial charge in [-0.15, -0.1) is 0 Å². The summed E-state index contributed by atoms with van der Waals surface area (Å²) in [5.74, 6) is 0.258. The van der Waals surface area contributed by atoms with Crippen LogP contribution in [-0.2, 0) is 0 Å². The molecule has 0 aliphatic heterocycles. The van der Waals surface area contributed by atoms with Crippen molar-refractivity contribution in [2.24, 2.45) is 5.73 Å². The van der Waals surface area contributed by atoms with Crippen LogP contribution in [0.15, 0.2) is 42.7 Å². The van der Waals surface area contributed by atoms with Crippen molar-refractivity contribution in [2.45, 2.75) is 6.04 Å². The van der Waals surface area contributed by atoms with Gasteiger partial charge in [-0.2, -0.15) is 0 Å². The zero-order valence-electron chi connectivity index (χ0n) is 9.51. The van der Waals surface area contributed by atoms with E-state index in [9.17, 15) is 4.39 Å². The Morgan fingerprint density at radius 1 is 1.28 bits per heavy atom. The van der Waals surface area contributed by atoms with Crippen molar-refractivity contribution in [3.05, 3.63) is 59.1 Å². The molecule has 94 valence electrons. The molecule has 0 radical (unpaired) electrons. The third kappa shape index (κ3) is 3.42. The summed E-state index contributed by atoms with van der Waals surface area (Å²) in [6, 6.07) is 7.88. The predicted octanol–water partition coefficient (Wildman–Crippen LogP) is 2.95. The molecule has 0 aliphatic rings. The largest absolute Gasteiger partial charge is 0.492 e. The third-order valence-corrected chi connectivity index (χ3v) is 2.65. The fourth-order valence-electron chi connectivity index (χ4n) is 1.44. The minimum absolute atomic E-state index is 0.243. The first kappa shape index (κ1) is 12.8. The molecule has 0 fully saturated rings. The highest BCUT2D eigenvalue weighted by Gasteiger charge is 2.08. The molecule has 0 saturated carbocycles. The molecule has 0 bridgehead atoms. The summed E-state index contributed by atoms with van der Waals surface area (Å²) in [6.07, 6.45) is 2.66. The van der Waals surface area contributed by atoms with Crippen molar-refractivity contribution in [3.8, 4) is 5.75 Å². The predicted molar refractivity (Wildman–Crippen MR) is 68.1 cm³/mol. The van der Waals surface area contributed by atoms with Crippen LogP contribution in [0.25, 0.3) is 0 Å². The number of nitrogens with two attached hydrogens (primary N) is 1. The molecule has 0 amide bonds. The number of benzene rings is 1. The molecule has 1 aromatic carbocycles. The van der Waals surface area contributed by atoms with E-state index in [0.29, 0.717) is 16.3 Å². The fraction of sp³-hybridized carbons (Fsp3) is 0.154. The molecule has 3 nitrogen and oxygen atoms in total. The maximum absolute atomic E-state index is 13.0. The second-order valence-corrected chi connectivity index (χ2v) is 4.24. The fourth-order valence-corrected chi connectivity index (χ4v) is 1.57. The number of aromatic nitrogens is 1. The van der Waals surface area contributed by atoms with Crippen molar-refractivity contribution in [1.29, 1.82) is 0 Å². The Morgan fingerprint density at radius 3 is 2.67 bits per heavy atom. The van der Waals surface area contributed by atoms with Gasteiger partial charge in [-0.25, -0.2) is 4.39 Å². The lowest BCUT2D eigenvalue weighted by Gasteiger charge is -2.13. The monoisotopic (exact) mass is 266 g/mol. The smallest absolute Gasteiger partial charge is 0.141 e. The number of hydrogen-bond acceptors (Lipinski definition) is 3. The maximum atomic E-state index is 13.0. The van der Waals surface area contributed by atoms with E-state index < -0.39 is 11.9 Å². The first-order chi connectivity index (χ1) is 8.65. The van der Waals surface area contributed by atoms with Crippen LogP contribution in [0.1, 0.15) is 11.6 Å². The number of halogens is 2. The summed E-state index contributed by atoms with van der Waals surface area (Å²) in [6.45, 7) is 0.243. The molecule has 0 saturated heterocycles. The Kier molecular flexibility index (Phi) is 4.12. The van der Waals surface area contributed by atoms with E-state index in [1.165, 1.54) is 12.3 Å². The van der Waals surface area contributed by atoms with Gasteiger partial charge in [-0.1, -0.05) is 11.6 Å². The van der Waals surface area contributed by atoms with E-state index in [0.717, 1.165) is 6.20 Å². The average molecular weight is 267 g/mol. The van der Waals surface area contributed by atoms with Crippen molar-refractivity contribution in [3.63, 3.8) is 0 Å². The van der Waals surface area contributed by atoms with Crippen molar-refractivity contribution < 1.29 is 9.13 Å². The van der Waals surface area contributed by atoms with E-state index in [1.54, 1.807) is 24.3 Å². The standard InChI is InChI=1S/C13H12ClFN2O/c14-10-1-3-12(4-2-10)18-8-13(16)9-5-11(15)7-17-6-9/h1-7,13H,8,16H2. The Labute approximate surface area is 109 Å². The summed E-state index contributed by atoms with van der Waals surface area (Å²) in [4.78, 5) is 3.74. The van der Waals surface area contributed by atoms with Gasteiger partial charge < -0.3 is 10.5 Å². The van der Waals surface area contributed by atoms with Gasteiger partial charge in [-0.3, -0.25) is 4.98 Å². The van der Waals surface area contributed by atoms with E-state index in [2.05, 4.69) is 4.98 Å². The molecule has 0 aliphatic carbocycles. The second-order valence-electron chi connectivity index (χ2n) is 3.81. The van der Waals surface area contributed by atoms with Crippen LogP contribution < -0.4 is 10.5 Å². The number of nitrogens with zero attached hydrogens (tertiary/aromatic N) is 1. The zero-order chi connectivity index (χ0) is 13.0. The van der Waals surface area contributed by atoms with Gasteiger partial charge in [0.15, 0.2) is 0 Å². The summed E-state index contributed by atoms with van der Waals surface area (Å²) < 4.78 is 18.4. The molecule has 1 atom stereocenters. The molecule has 18 heavy (non-hydrogen) atoms. The number of rotatable bonds is 4. The summed E-state index contributed by atoms with van der Waals surface area (Å²) in [7, 11) is 0. The van der Waals surface area contributed by atoms with Crippen LogP contribution >= 0.6 is 11.6 Å². The minimum atomic E-state index is -0.427. The van der Waals surface area contributed by atoms with Gasteiger partial charge >= 0.3 is 0 Å². The molecule has 2 aromatic rings. The molecule has 1 aromatic heterocycles. The number of hydrogen-bond donors (Lipinski definition) is 1. The molecule has 2 N–H and O–H groups in total. The van der Waals surface area contributed by atoms with Gasteiger partial charge in [0, 0.05) is 11.2 Å². The topological polar surface area (TPSA) is 48.1 Å². The Bertz CT molecular complexity index is 519. The van der Waals surface area contributed by atoms with Crippen LogP contribution in [0.5, 0.6) is 5.75 Å². The highest BCUT2D eigenvalue weighted by Crippen LogP contribution is 2.17. The summed E-state index contributed by atoms with van der Waals surface area (Å²) >= 11 is 5.76. The SMILES string of the molecule is NC(COc1ccc(Cl)cc1)c1cncc(F)c1. The van der Waals surface area contributed by atoms with Crippen molar-refractivity contribution >= 4 is 11.6 Å². The molecule has 5 heteroatoms. The van der Waals surface area contributed by atoms with Gasteiger partial charge in [0.25, 0.3) is 0 Å². The lowest BCUT2D eigenvalue weighted by molar-refractivity contribution is 0.290. The van der Waals surface area contributed by atoms with Gasteiger partial charge in [0.05, 0.1) is 12.2 Å².